The molecule has 20 heavy (non-hydrogen) atoms. The fraction of sp³-hybridized carbons (Fsp3) is 0.895. The Kier molecular flexibility index (Phi) is 8.74. The van der Waals surface area contributed by atoms with E-state index < -0.39 is 0 Å². The van der Waals surface area contributed by atoms with Crippen molar-refractivity contribution in [3.63, 3.8) is 0 Å². The summed E-state index contributed by atoms with van der Waals surface area (Å²) in [6.45, 7) is 24.3. The molecule has 1 heteroatoms. The molecule has 120 valence electrons. The molecule has 0 aromatic heterocycles. The second-order valence-electron chi connectivity index (χ2n) is 8.14. The molecule has 1 nitrogen and oxygen atoms in total. The lowest BCUT2D eigenvalue weighted by molar-refractivity contribution is 0.231. The zero-order chi connectivity index (χ0) is 15.8. The molecule has 0 aliphatic carbocycles. The van der Waals surface area contributed by atoms with Crippen molar-refractivity contribution in [2.75, 3.05) is 19.6 Å². The van der Waals surface area contributed by atoms with E-state index in [-0.39, 0.29) is 5.41 Å². The minimum atomic E-state index is 0.269. The van der Waals surface area contributed by atoms with E-state index in [1.54, 1.807) is 0 Å². The molecular weight excluding hydrogens is 242 g/mol. The maximum atomic E-state index is 4.38. The Morgan fingerprint density at radius 3 is 1.75 bits per heavy atom. The van der Waals surface area contributed by atoms with E-state index in [1.165, 1.54) is 50.9 Å². The first-order chi connectivity index (χ1) is 9.12. The van der Waals surface area contributed by atoms with Crippen molar-refractivity contribution in [3.05, 3.63) is 12.2 Å². The summed E-state index contributed by atoms with van der Waals surface area (Å²) in [5.41, 5.74) is 2.11. The molecule has 0 aromatic rings. The van der Waals surface area contributed by atoms with Gasteiger partial charge in [-0.1, -0.05) is 60.6 Å². The highest BCUT2D eigenvalue weighted by molar-refractivity contribution is 5.07. The van der Waals surface area contributed by atoms with Gasteiger partial charge in [-0.15, -0.1) is 0 Å². The number of hydrogen-bond acceptors (Lipinski definition) is 1. The second-order valence-corrected chi connectivity index (χ2v) is 8.14. The van der Waals surface area contributed by atoms with Gasteiger partial charge in [-0.05, 0) is 62.6 Å². The first kappa shape index (κ1) is 19.7. The summed E-state index contributed by atoms with van der Waals surface area (Å²) >= 11 is 0. The molecule has 0 saturated heterocycles. The topological polar surface area (TPSA) is 3.24 Å². The van der Waals surface area contributed by atoms with Crippen molar-refractivity contribution >= 4 is 0 Å². The van der Waals surface area contributed by atoms with Crippen LogP contribution < -0.4 is 0 Å². The van der Waals surface area contributed by atoms with E-state index in [9.17, 15) is 0 Å². The van der Waals surface area contributed by atoms with Crippen LogP contribution in [0.2, 0.25) is 0 Å². The normalized spacial score (nSPS) is 13.0. The van der Waals surface area contributed by atoms with Gasteiger partial charge in [-0.2, -0.15) is 0 Å². The average molecular weight is 282 g/mol. The third-order valence-electron chi connectivity index (χ3n) is 4.27. The molecule has 0 unspecified atom stereocenters. The fourth-order valence-electron chi connectivity index (χ4n) is 2.45. The zero-order valence-electron chi connectivity index (χ0n) is 15.3. The van der Waals surface area contributed by atoms with Gasteiger partial charge in [0, 0.05) is 0 Å². The molecule has 0 atom stereocenters. The monoisotopic (exact) mass is 281 g/mol. The average Bonchev–Trinajstić information content (AvgIpc) is 2.32. The smallest absolute Gasteiger partial charge is 0.00106 e. The Bertz CT molecular complexity index is 264. The molecule has 0 aliphatic rings. The van der Waals surface area contributed by atoms with Gasteiger partial charge in [0.25, 0.3) is 0 Å². The largest absolute Gasteiger partial charge is 0.303 e. The Labute approximate surface area is 128 Å². The first-order valence-corrected chi connectivity index (χ1v) is 8.53. The van der Waals surface area contributed by atoms with Gasteiger partial charge < -0.3 is 4.90 Å². The quantitative estimate of drug-likeness (QED) is 0.450. The fourth-order valence-corrected chi connectivity index (χ4v) is 2.45. The standard InChI is InChI=1S/C19H39N/c1-9-14-20(15-10-2)16-13-19(7,8)17(3)11-12-18(4,5)6/h3,9-16H2,1-2,4-8H3. The van der Waals surface area contributed by atoms with E-state index in [2.05, 4.69) is 59.9 Å². The van der Waals surface area contributed by atoms with Crippen molar-refractivity contribution in [1.29, 1.82) is 0 Å². The van der Waals surface area contributed by atoms with Gasteiger partial charge in [0.05, 0.1) is 0 Å². The Hall–Kier alpha value is -0.300. The maximum Gasteiger partial charge on any atom is -0.00106 e. The lowest BCUT2D eigenvalue weighted by Gasteiger charge is -2.32. The third-order valence-corrected chi connectivity index (χ3v) is 4.27. The third kappa shape index (κ3) is 8.79. The molecule has 0 aliphatic heterocycles. The minimum absolute atomic E-state index is 0.269. The predicted molar refractivity (Wildman–Crippen MR) is 93.2 cm³/mol. The number of allylic oxidation sites excluding steroid dienone is 1. The summed E-state index contributed by atoms with van der Waals surface area (Å²) in [5.74, 6) is 0. The number of nitrogens with zero attached hydrogens (tertiary/aromatic N) is 1. The molecule has 0 radical (unpaired) electrons. The van der Waals surface area contributed by atoms with E-state index in [0.29, 0.717) is 5.41 Å². The lowest BCUT2D eigenvalue weighted by atomic mass is 9.77. The molecule has 0 spiro atoms. The summed E-state index contributed by atoms with van der Waals surface area (Å²) in [4.78, 5) is 2.61. The highest BCUT2D eigenvalue weighted by Crippen LogP contribution is 2.35. The maximum absolute atomic E-state index is 4.38. The molecule has 0 amide bonds. The van der Waals surface area contributed by atoms with Crippen molar-refractivity contribution < 1.29 is 0 Å². The van der Waals surface area contributed by atoms with E-state index in [0.717, 1.165) is 6.42 Å². The van der Waals surface area contributed by atoms with Gasteiger partial charge in [-0.3, -0.25) is 0 Å². The number of rotatable bonds is 10. The molecule has 0 N–H and O–H groups in total. The van der Waals surface area contributed by atoms with Crippen LogP contribution in [0.1, 0.15) is 80.6 Å². The van der Waals surface area contributed by atoms with Crippen molar-refractivity contribution in [2.24, 2.45) is 10.8 Å². The summed E-state index contributed by atoms with van der Waals surface area (Å²) in [6.07, 6.45) is 6.15. The van der Waals surface area contributed by atoms with Crippen LogP contribution in [0.15, 0.2) is 12.2 Å². The molecule has 0 fully saturated rings. The van der Waals surface area contributed by atoms with Crippen LogP contribution in [-0.2, 0) is 0 Å². The van der Waals surface area contributed by atoms with Crippen LogP contribution in [0.3, 0.4) is 0 Å². The van der Waals surface area contributed by atoms with Gasteiger partial charge in [0.2, 0.25) is 0 Å². The highest BCUT2D eigenvalue weighted by Gasteiger charge is 2.23. The van der Waals surface area contributed by atoms with Crippen LogP contribution in [0.25, 0.3) is 0 Å². The Morgan fingerprint density at radius 2 is 1.35 bits per heavy atom. The minimum Gasteiger partial charge on any atom is -0.303 e. The van der Waals surface area contributed by atoms with Crippen LogP contribution in [0, 0.1) is 10.8 Å². The van der Waals surface area contributed by atoms with Gasteiger partial charge >= 0.3 is 0 Å². The van der Waals surface area contributed by atoms with E-state index in [1.807, 2.05) is 0 Å². The molecule has 0 bridgehead atoms. The predicted octanol–water partition coefficient (Wildman–Crippen LogP) is 5.91. The van der Waals surface area contributed by atoms with Crippen molar-refractivity contribution in [2.45, 2.75) is 80.6 Å². The van der Waals surface area contributed by atoms with Crippen molar-refractivity contribution in [3.8, 4) is 0 Å². The summed E-state index contributed by atoms with van der Waals surface area (Å²) in [5, 5.41) is 0. The zero-order valence-corrected chi connectivity index (χ0v) is 15.3. The summed E-state index contributed by atoms with van der Waals surface area (Å²) < 4.78 is 0. The SMILES string of the molecule is C=C(CCC(C)(C)C)C(C)(C)CCN(CCC)CCC. The van der Waals surface area contributed by atoms with E-state index in [4.69, 9.17) is 0 Å². The Balaban J connectivity index is 4.30. The van der Waals surface area contributed by atoms with Crippen LogP contribution in [0.4, 0.5) is 0 Å². The van der Waals surface area contributed by atoms with Crippen molar-refractivity contribution in [1.82, 2.24) is 4.90 Å². The lowest BCUT2D eigenvalue weighted by Crippen LogP contribution is -2.30. The molecule has 0 rings (SSSR count). The molecule has 0 heterocycles. The molecule has 0 saturated carbocycles. The Morgan fingerprint density at radius 1 is 0.850 bits per heavy atom. The summed E-state index contributed by atoms with van der Waals surface area (Å²) in [7, 11) is 0. The highest BCUT2D eigenvalue weighted by atomic mass is 15.1. The van der Waals surface area contributed by atoms with Gasteiger partial charge in [0.15, 0.2) is 0 Å². The van der Waals surface area contributed by atoms with Gasteiger partial charge in [-0.25, -0.2) is 0 Å². The molecular formula is C19H39N. The van der Waals surface area contributed by atoms with E-state index >= 15 is 0 Å². The number of hydrogen-bond donors (Lipinski definition) is 0. The van der Waals surface area contributed by atoms with Crippen LogP contribution in [0.5, 0.6) is 0 Å². The van der Waals surface area contributed by atoms with Gasteiger partial charge in [0.1, 0.15) is 0 Å². The van der Waals surface area contributed by atoms with Crippen LogP contribution >= 0.6 is 0 Å². The summed E-state index contributed by atoms with van der Waals surface area (Å²) in [6, 6.07) is 0. The first-order valence-electron chi connectivity index (χ1n) is 8.53. The molecule has 0 aromatic carbocycles. The second kappa shape index (κ2) is 8.87. The van der Waals surface area contributed by atoms with Crippen LogP contribution in [-0.4, -0.2) is 24.5 Å².